The molecule has 0 spiro atoms. The zero-order valence-electron chi connectivity index (χ0n) is 17.4. The number of halogens is 2. The number of pyridine rings is 1. The number of esters is 1. The van der Waals surface area contributed by atoms with Gasteiger partial charge in [0.2, 0.25) is 0 Å². The fraction of sp³-hybridized carbons (Fsp3) is 0.391. The number of benzene rings is 1. The van der Waals surface area contributed by atoms with Crippen molar-refractivity contribution in [2.24, 2.45) is 17.8 Å². The first kappa shape index (κ1) is 20.4. The van der Waals surface area contributed by atoms with Crippen LogP contribution < -0.4 is 5.32 Å². The van der Waals surface area contributed by atoms with E-state index in [-0.39, 0.29) is 41.0 Å². The van der Waals surface area contributed by atoms with Gasteiger partial charge < -0.3 is 10.1 Å². The third kappa shape index (κ3) is 3.27. The summed E-state index contributed by atoms with van der Waals surface area (Å²) in [6, 6.07) is 5.66. The number of aromatic nitrogens is 3. The van der Waals surface area contributed by atoms with Crippen molar-refractivity contribution < 1.29 is 18.3 Å². The van der Waals surface area contributed by atoms with Gasteiger partial charge in [0.1, 0.15) is 11.6 Å². The van der Waals surface area contributed by atoms with Gasteiger partial charge in [0.25, 0.3) is 0 Å². The molecule has 3 saturated carbocycles. The van der Waals surface area contributed by atoms with Crippen LogP contribution in [0.15, 0.2) is 24.4 Å². The molecular formula is C23H21F2N5O2. The van der Waals surface area contributed by atoms with Crippen LogP contribution in [0, 0.1) is 40.7 Å². The topological polar surface area (TPSA) is 104 Å². The van der Waals surface area contributed by atoms with E-state index in [9.17, 15) is 14.4 Å². The number of nitrogens with one attached hydrogen (secondary N) is 2. The summed E-state index contributed by atoms with van der Waals surface area (Å²) in [5.74, 6) is -1.34. The SMILES string of the molecule is COC(=O)[C@H]1C2CCC(CC2)C1Nc1cc(-c2[nH]nc3ncc(F)cc23)c(C#N)cc1F. The highest BCUT2D eigenvalue weighted by atomic mass is 19.1. The normalized spacial score (nSPS) is 24.3. The van der Waals surface area contributed by atoms with E-state index < -0.39 is 11.6 Å². The molecule has 0 saturated heterocycles. The lowest BCUT2D eigenvalue weighted by Gasteiger charge is -2.47. The number of rotatable bonds is 4. The zero-order valence-corrected chi connectivity index (χ0v) is 17.4. The summed E-state index contributed by atoms with van der Waals surface area (Å²) in [6.07, 6.45) is 4.92. The number of methoxy groups -OCH3 is 1. The molecule has 3 aliphatic rings. The molecule has 3 aromatic rings. The molecule has 3 aliphatic carbocycles. The number of ether oxygens (including phenoxy) is 1. The van der Waals surface area contributed by atoms with E-state index in [1.807, 2.05) is 6.07 Å². The van der Waals surface area contributed by atoms with Gasteiger partial charge in [-0.3, -0.25) is 9.89 Å². The largest absolute Gasteiger partial charge is 0.469 e. The predicted octanol–water partition coefficient (Wildman–Crippen LogP) is 4.16. The van der Waals surface area contributed by atoms with Crippen LogP contribution in [-0.2, 0) is 9.53 Å². The average Bonchev–Trinajstić information content (AvgIpc) is 3.23. The summed E-state index contributed by atoms with van der Waals surface area (Å²) < 4.78 is 33.9. The maximum Gasteiger partial charge on any atom is 0.311 e. The molecule has 2 heterocycles. The Balaban J connectivity index is 1.57. The van der Waals surface area contributed by atoms with Crippen molar-refractivity contribution in [3.63, 3.8) is 0 Å². The van der Waals surface area contributed by atoms with Crippen LogP contribution >= 0.6 is 0 Å². The van der Waals surface area contributed by atoms with E-state index in [0.29, 0.717) is 22.3 Å². The molecule has 0 amide bonds. The zero-order chi connectivity index (χ0) is 22.4. The maximum atomic E-state index is 15.0. The van der Waals surface area contributed by atoms with Crippen molar-refractivity contribution in [2.75, 3.05) is 12.4 Å². The summed E-state index contributed by atoms with van der Waals surface area (Å²) in [5.41, 5.74) is 1.30. The van der Waals surface area contributed by atoms with Crippen LogP contribution in [0.25, 0.3) is 22.3 Å². The van der Waals surface area contributed by atoms with Crippen molar-refractivity contribution in [1.29, 1.82) is 5.26 Å². The van der Waals surface area contributed by atoms with Crippen LogP contribution in [0.3, 0.4) is 0 Å². The lowest BCUT2D eigenvalue weighted by molar-refractivity contribution is -0.152. The van der Waals surface area contributed by atoms with Gasteiger partial charge in [0.05, 0.1) is 42.2 Å². The Hall–Kier alpha value is -3.54. The molecule has 1 aromatic carbocycles. The quantitative estimate of drug-likeness (QED) is 0.594. The van der Waals surface area contributed by atoms with Crippen molar-refractivity contribution >= 4 is 22.7 Å². The number of H-pyrrole nitrogens is 1. The Morgan fingerprint density at radius 3 is 2.69 bits per heavy atom. The smallest absolute Gasteiger partial charge is 0.311 e. The third-order valence-electron chi connectivity index (χ3n) is 6.89. The minimum absolute atomic E-state index is 0.0811. The first-order chi connectivity index (χ1) is 15.5. The Morgan fingerprint density at radius 1 is 1.22 bits per heavy atom. The van der Waals surface area contributed by atoms with Gasteiger partial charge in [-0.25, -0.2) is 13.8 Å². The van der Waals surface area contributed by atoms with Gasteiger partial charge in [0.15, 0.2) is 5.65 Å². The molecule has 0 aliphatic heterocycles. The van der Waals surface area contributed by atoms with Crippen LogP contribution in [0.2, 0.25) is 0 Å². The Morgan fingerprint density at radius 2 is 1.97 bits per heavy atom. The van der Waals surface area contributed by atoms with E-state index in [1.54, 1.807) is 0 Å². The molecule has 2 bridgehead atoms. The van der Waals surface area contributed by atoms with Crippen LogP contribution in [-0.4, -0.2) is 34.3 Å². The maximum absolute atomic E-state index is 15.0. The number of aromatic amines is 1. The van der Waals surface area contributed by atoms with Crippen LogP contribution in [0.1, 0.15) is 31.2 Å². The van der Waals surface area contributed by atoms with E-state index in [2.05, 4.69) is 20.5 Å². The lowest BCUT2D eigenvalue weighted by atomic mass is 9.61. The molecule has 2 N–H and O–H groups in total. The number of nitriles is 1. The fourth-order valence-electron chi connectivity index (χ4n) is 5.37. The summed E-state index contributed by atoms with van der Waals surface area (Å²) >= 11 is 0. The van der Waals surface area contributed by atoms with Gasteiger partial charge in [-0.1, -0.05) is 0 Å². The highest BCUT2D eigenvalue weighted by Crippen LogP contribution is 2.47. The number of nitrogens with zero attached hydrogens (tertiary/aromatic N) is 3. The first-order valence-corrected chi connectivity index (χ1v) is 10.6. The highest BCUT2D eigenvalue weighted by Gasteiger charge is 2.48. The molecule has 7 nitrogen and oxygen atoms in total. The number of carbonyl (C=O) groups excluding carboxylic acids is 1. The third-order valence-corrected chi connectivity index (χ3v) is 6.89. The van der Waals surface area contributed by atoms with Crippen molar-refractivity contribution in [3.05, 3.63) is 41.6 Å². The fourth-order valence-corrected chi connectivity index (χ4v) is 5.37. The van der Waals surface area contributed by atoms with Crippen LogP contribution in [0.4, 0.5) is 14.5 Å². The molecule has 9 heteroatoms. The molecule has 3 fully saturated rings. The molecule has 0 radical (unpaired) electrons. The second-order valence-electron chi connectivity index (χ2n) is 8.51. The first-order valence-electron chi connectivity index (χ1n) is 10.6. The summed E-state index contributed by atoms with van der Waals surface area (Å²) in [6.45, 7) is 0. The minimum Gasteiger partial charge on any atom is -0.469 e. The standard InChI is InChI=1S/C23H21F2N5O2/c1-32-23(31)19-11-2-4-12(5-3-11)20(19)28-18-8-15(13(9-26)6-17(18)25)21-16-7-14(24)10-27-22(16)30-29-21/h6-8,10-12,19-20,28H,2-5H2,1H3,(H,27,29,30)/t11?,12?,19-,20?/m0/s1. The van der Waals surface area contributed by atoms with Gasteiger partial charge >= 0.3 is 5.97 Å². The number of anilines is 1. The number of carbonyl (C=O) groups is 1. The Kier molecular flexibility index (Phi) is 5.00. The lowest BCUT2D eigenvalue weighted by Crippen LogP contribution is -2.51. The summed E-state index contributed by atoms with van der Waals surface area (Å²) in [5, 5.41) is 20.1. The van der Waals surface area contributed by atoms with E-state index in [4.69, 9.17) is 4.74 Å². The molecule has 2 atom stereocenters. The van der Waals surface area contributed by atoms with Crippen molar-refractivity contribution in [2.45, 2.75) is 31.7 Å². The van der Waals surface area contributed by atoms with Gasteiger partial charge in [-0.2, -0.15) is 10.4 Å². The molecule has 164 valence electrons. The monoisotopic (exact) mass is 437 g/mol. The molecular weight excluding hydrogens is 416 g/mol. The molecule has 6 rings (SSSR count). The molecule has 32 heavy (non-hydrogen) atoms. The van der Waals surface area contributed by atoms with Crippen molar-refractivity contribution in [3.8, 4) is 17.3 Å². The summed E-state index contributed by atoms with van der Waals surface area (Å²) in [7, 11) is 1.37. The predicted molar refractivity (Wildman–Crippen MR) is 112 cm³/mol. The van der Waals surface area contributed by atoms with E-state index >= 15 is 4.39 Å². The second kappa shape index (κ2) is 7.86. The van der Waals surface area contributed by atoms with Crippen molar-refractivity contribution in [1.82, 2.24) is 15.2 Å². The average molecular weight is 437 g/mol. The van der Waals surface area contributed by atoms with Gasteiger partial charge in [-0.15, -0.1) is 0 Å². The number of hydrogen-bond donors (Lipinski definition) is 2. The molecule has 1 unspecified atom stereocenters. The van der Waals surface area contributed by atoms with E-state index in [1.165, 1.54) is 19.2 Å². The molecule has 2 aromatic heterocycles. The number of hydrogen-bond acceptors (Lipinski definition) is 6. The van der Waals surface area contributed by atoms with Crippen LogP contribution in [0.5, 0.6) is 0 Å². The number of fused-ring (bicyclic) bond motifs is 4. The van der Waals surface area contributed by atoms with Gasteiger partial charge in [-0.05, 0) is 55.7 Å². The highest BCUT2D eigenvalue weighted by molar-refractivity contribution is 5.93. The Bertz CT molecular complexity index is 1240. The van der Waals surface area contributed by atoms with Gasteiger partial charge in [0, 0.05) is 17.0 Å². The van der Waals surface area contributed by atoms with E-state index in [0.717, 1.165) is 37.9 Å². The minimum atomic E-state index is -0.594. The summed E-state index contributed by atoms with van der Waals surface area (Å²) in [4.78, 5) is 16.5. The second-order valence-corrected chi connectivity index (χ2v) is 8.51. The Labute approximate surface area is 182 Å².